The van der Waals surface area contributed by atoms with Gasteiger partial charge in [0.25, 0.3) is 0 Å². The van der Waals surface area contributed by atoms with Crippen LogP contribution in [-0.4, -0.2) is 89.2 Å². The zero-order valence-electron chi connectivity index (χ0n) is 24.6. The number of carbonyl (C=O) groups is 4. The van der Waals surface area contributed by atoms with E-state index in [0.29, 0.717) is 35.3 Å². The summed E-state index contributed by atoms with van der Waals surface area (Å²) in [5.41, 5.74) is 0.118. The molecule has 0 radical (unpaired) electrons. The molecule has 0 spiro atoms. The summed E-state index contributed by atoms with van der Waals surface area (Å²) < 4.78 is 34.9. The number of benzene rings is 1. The summed E-state index contributed by atoms with van der Waals surface area (Å²) in [5, 5.41) is 11.8. The Labute approximate surface area is 247 Å². The van der Waals surface area contributed by atoms with Crippen molar-refractivity contribution in [2.45, 2.75) is 75.5 Å². The topological polar surface area (TPSA) is 166 Å². The molecule has 1 amide bonds. The van der Waals surface area contributed by atoms with Gasteiger partial charge in [-0.15, -0.1) is 10.2 Å². The van der Waals surface area contributed by atoms with Crippen LogP contribution < -0.4 is 14.8 Å². The fourth-order valence-electron chi connectivity index (χ4n) is 4.45. The van der Waals surface area contributed by atoms with Crippen LogP contribution in [0.2, 0.25) is 0 Å². The normalized spacial score (nSPS) is 21.6. The van der Waals surface area contributed by atoms with Crippen LogP contribution in [0.4, 0.5) is 0 Å². The van der Waals surface area contributed by atoms with Gasteiger partial charge in [0.05, 0.1) is 14.2 Å². The zero-order valence-corrected chi connectivity index (χ0v) is 25.4. The molecule has 1 fully saturated rings. The van der Waals surface area contributed by atoms with Gasteiger partial charge < -0.3 is 38.3 Å². The molecule has 0 unspecified atom stereocenters. The average molecular weight is 609 g/mol. The second-order valence-electron chi connectivity index (χ2n) is 9.48. The average Bonchev–Trinajstić information content (AvgIpc) is 3.27. The maximum atomic E-state index is 12.2. The van der Waals surface area contributed by atoms with E-state index in [2.05, 4.69) is 15.5 Å². The highest BCUT2D eigenvalue weighted by Crippen LogP contribution is 2.36. The second kappa shape index (κ2) is 14.9. The van der Waals surface area contributed by atoms with Gasteiger partial charge in [-0.2, -0.15) is 0 Å². The van der Waals surface area contributed by atoms with Crippen molar-refractivity contribution in [1.29, 1.82) is 0 Å². The Morgan fingerprint density at radius 1 is 0.929 bits per heavy atom. The number of amides is 1. The van der Waals surface area contributed by atoms with Crippen molar-refractivity contribution < 1.29 is 47.6 Å². The van der Waals surface area contributed by atoms with Gasteiger partial charge in [0.2, 0.25) is 5.91 Å². The first-order valence-electron chi connectivity index (χ1n) is 13.1. The van der Waals surface area contributed by atoms with Crippen LogP contribution in [0.5, 0.6) is 11.5 Å². The van der Waals surface area contributed by atoms with E-state index in [1.807, 2.05) is 18.2 Å². The lowest BCUT2D eigenvalue weighted by molar-refractivity contribution is -0.211. The maximum absolute atomic E-state index is 12.2. The number of carbonyl (C=O) groups excluding carboxylic acids is 4. The highest BCUT2D eigenvalue weighted by atomic mass is 32.2. The molecule has 1 saturated heterocycles. The van der Waals surface area contributed by atoms with Gasteiger partial charge >= 0.3 is 17.9 Å². The van der Waals surface area contributed by atoms with Crippen LogP contribution in [0.25, 0.3) is 0 Å². The van der Waals surface area contributed by atoms with E-state index in [-0.39, 0.29) is 6.61 Å². The molecule has 3 rings (SSSR count). The van der Waals surface area contributed by atoms with E-state index in [1.54, 1.807) is 25.8 Å². The monoisotopic (exact) mass is 608 g/mol. The minimum absolute atomic E-state index is 0.287. The van der Waals surface area contributed by atoms with E-state index in [1.165, 1.54) is 27.7 Å². The summed E-state index contributed by atoms with van der Waals surface area (Å²) in [5.74, 6) is -0.404. The molecule has 1 aromatic carbocycles. The van der Waals surface area contributed by atoms with E-state index in [9.17, 15) is 19.2 Å². The minimum atomic E-state index is -1.17. The highest BCUT2D eigenvalue weighted by Gasteiger charge is 2.51. The molecule has 5 atom stereocenters. The van der Waals surface area contributed by atoms with Gasteiger partial charge in [0, 0.05) is 41.2 Å². The number of aryl methyl sites for hydroxylation is 2. The number of nitrogens with zero attached hydrogens (tertiary/aromatic N) is 3. The molecule has 0 bridgehead atoms. The number of nitrogens with one attached hydrogen (secondary N) is 1. The number of aromatic nitrogens is 3. The number of hydrogen-bond acceptors (Lipinski definition) is 13. The Kier molecular flexibility index (Phi) is 11.6. The Bertz CT molecular complexity index is 1290. The molecule has 230 valence electrons. The van der Waals surface area contributed by atoms with Crippen molar-refractivity contribution in [3.8, 4) is 11.5 Å². The molecule has 42 heavy (non-hydrogen) atoms. The number of hydrogen-bond donors (Lipinski definition) is 1. The molecule has 1 aliphatic rings. The van der Waals surface area contributed by atoms with Gasteiger partial charge in [-0.05, 0) is 24.1 Å². The van der Waals surface area contributed by atoms with E-state index in [0.717, 1.165) is 17.3 Å². The smallest absolute Gasteiger partial charge is 0.303 e. The molecule has 1 aliphatic heterocycles. The number of methoxy groups -OCH3 is 2. The summed E-state index contributed by atoms with van der Waals surface area (Å²) in [6.07, 6.45) is -2.13. The second-order valence-corrected chi connectivity index (χ2v) is 10.6. The molecular weight excluding hydrogens is 572 g/mol. The first-order chi connectivity index (χ1) is 19.9. The number of thioether (sulfide) groups is 1. The van der Waals surface area contributed by atoms with Crippen LogP contribution in [0, 0.1) is 0 Å². The van der Waals surface area contributed by atoms with Crippen LogP contribution in [0.3, 0.4) is 0 Å². The van der Waals surface area contributed by atoms with Crippen molar-refractivity contribution in [3.05, 3.63) is 29.6 Å². The van der Waals surface area contributed by atoms with Gasteiger partial charge in [-0.1, -0.05) is 17.8 Å². The van der Waals surface area contributed by atoms with Crippen molar-refractivity contribution in [2.24, 2.45) is 7.05 Å². The third-order valence-electron chi connectivity index (χ3n) is 6.30. The summed E-state index contributed by atoms with van der Waals surface area (Å²) in [7, 11) is 4.95. The van der Waals surface area contributed by atoms with Gasteiger partial charge in [-0.25, -0.2) is 0 Å². The number of ether oxygens (including phenoxy) is 6. The largest absolute Gasteiger partial charge is 0.493 e. The Morgan fingerprint density at radius 2 is 1.60 bits per heavy atom. The highest BCUT2D eigenvalue weighted by molar-refractivity contribution is 7.99. The molecule has 0 aliphatic carbocycles. The van der Waals surface area contributed by atoms with E-state index in [4.69, 9.17) is 28.4 Å². The SMILES string of the molecule is COc1ccc(CCc2nnc(S[C@@H]3O[C@H](COC(C)=O)[C@@H](OC(C)=O)[C@H](OC(C)=O)[C@H]3NC(C)=O)n2C)cc1OC. The standard InChI is InChI=1S/C27H36N4O10S/c1-14(32)28-23-25(40-17(4)35)24(39-16(3)34)21(13-38-15(2)33)41-26(23)42-27-30-29-22(31(27)5)11-9-18-8-10-19(36-6)20(12-18)37-7/h8,10,12,21,23-26H,9,11,13H2,1-7H3,(H,28,32)/t21-,23-,24-,25-,26+/m1/s1. The van der Waals surface area contributed by atoms with Crippen LogP contribution in [-0.2, 0) is 58.0 Å². The molecular formula is C27H36N4O10S. The van der Waals surface area contributed by atoms with Gasteiger partial charge in [0.15, 0.2) is 28.9 Å². The number of esters is 3. The van der Waals surface area contributed by atoms with Crippen molar-refractivity contribution >= 4 is 35.6 Å². The minimum Gasteiger partial charge on any atom is -0.493 e. The van der Waals surface area contributed by atoms with Gasteiger partial charge in [-0.3, -0.25) is 19.2 Å². The van der Waals surface area contributed by atoms with Gasteiger partial charge in [0.1, 0.15) is 30.0 Å². The summed E-state index contributed by atoms with van der Waals surface area (Å²) >= 11 is 1.13. The fraction of sp³-hybridized carbons (Fsp3) is 0.556. The lowest BCUT2D eigenvalue weighted by Gasteiger charge is -2.44. The molecule has 1 aromatic heterocycles. The summed E-state index contributed by atoms with van der Waals surface area (Å²) in [6.45, 7) is 4.62. The zero-order chi connectivity index (χ0) is 31.0. The third kappa shape index (κ3) is 8.58. The maximum Gasteiger partial charge on any atom is 0.303 e. The molecule has 0 saturated carbocycles. The summed E-state index contributed by atoms with van der Waals surface area (Å²) in [6, 6.07) is 4.72. The predicted molar refractivity (Wildman–Crippen MR) is 148 cm³/mol. The van der Waals surface area contributed by atoms with E-state index >= 15 is 0 Å². The third-order valence-corrected chi connectivity index (χ3v) is 7.51. The number of rotatable bonds is 12. The van der Waals surface area contributed by atoms with Crippen molar-refractivity contribution in [1.82, 2.24) is 20.1 Å². The molecule has 15 heteroatoms. The lowest BCUT2D eigenvalue weighted by atomic mass is 9.97. The quantitative estimate of drug-likeness (QED) is 0.271. The predicted octanol–water partition coefficient (Wildman–Crippen LogP) is 1.37. The van der Waals surface area contributed by atoms with Crippen molar-refractivity contribution in [2.75, 3.05) is 20.8 Å². The lowest BCUT2D eigenvalue weighted by Crippen LogP contribution is -2.65. The summed E-state index contributed by atoms with van der Waals surface area (Å²) in [4.78, 5) is 47.8. The molecule has 1 N–H and O–H groups in total. The molecule has 2 heterocycles. The fourth-order valence-corrected chi connectivity index (χ4v) is 5.58. The van der Waals surface area contributed by atoms with Crippen LogP contribution in [0.1, 0.15) is 39.1 Å². The Morgan fingerprint density at radius 3 is 2.19 bits per heavy atom. The molecule has 2 aromatic rings. The van der Waals surface area contributed by atoms with E-state index < -0.39 is 53.6 Å². The van der Waals surface area contributed by atoms with Crippen LogP contribution >= 0.6 is 11.8 Å². The first-order valence-corrected chi connectivity index (χ1v) is 14.0. The van der Waals surface area contributed by atoms with Crippen LogP contribution in [0.15, 0.2) is 23.4 Å². The van der Waals surface area contributed by atoms with Crippen molar-refractivity contribution in [3.63, 3.8) is 0 Å². The molecule has 14 nitrogen and oxygen atoms in total. The first kappa shape index (κ1) is 32.7. The Balaban J connectivity index is 1.87. The Hall–Kier alpha value is -3.85.